The summed E-state index contributed by atoms with van der Waals surface area (Å²) in [4.78, 5) is 13.6. The van der Waals surface area contributed by atoms with Crippen LogP contribution in [0.3, 0.4) is 0 Å². The Morgan fingerprint density at radius 3 is 2.33 bits per heavy atom. The number of allylic oxidation sites excluding steroid dienone is 1. The van der Waals surface area contributed by atoms with Crippen molar-refractivity contribution in [2.45, 2.75) is 51.4 Å². The molecule has 0 fully saturated rings. The molecule has 0 heterocycles. The maximum Gasteiger partial charge on any atom is 0.323 e. The van der Waals surface area contributed by atoms with Crippen LogP contribution in [-0.4, -0.2) is 16.8 Å². The van der Waals surface area contributed by atoms with Crippen LogP contribution in [0, 0.1) is 0 Å². The first-order chi connectivity index (χ1) is 7.31. The molecule has 0 radical (unpaired) electrons. The summed E-state index contributed by atoms with van der Waals surface area (Å²) in [7, 11) is 0. The van der Waals surface area contributed by atoms with Crippen molar-refractivity contribution in [1.82, 2.24) is 0 Å². The van der Waals surface area contributed by atoms with Gasteiger partial charge in [-0.15, -0.1) is 6.58 Å². The van der Waals surface area contributed by atoms with E-state index in [1.807, 2.05) is 6.08 Å². The van der Waals surface area contributed by atoms with Crippen molar-refractivity contribution in [2.75, 3.05) is 0 Å². The van der Waals surface area contributed by atoms with E-state index in [1.165, 1.54) is 25.7 Å². The van der Waals surface area contributed by atoms with Crippen molar-refractivity contribution in [3.05, 3.63) is 18.2 Å². The molecule has 0 aliphatic carbocycles. The lowest BCUT2D eigenvalue weighted by Gasteiger charge is -1.98. The number of ketones is 1. The summed E-state index contributed by atoms with van der Waals surface area (Å²) in [6.45, 7) is 3.67. The third-order valence-electron chi connectivity index (χ3n) is 2.28. The summed E-state index contributed by atoms with van der Waals surface area (Å²) in [5.41, 5.74) is 8.10. The summed E-state index contributed by atoms with van der Waals surface area (Å²) in [5, 5.41) is 0. The van der Waals surface area contributed by atoms with Gasteiger partial charge in [-0.05, 0) is 19.3 Å². The molecule has 0 aromatic heterocycles. The van der Waals surface area contributed by atoms with Crippen LogP contribution in [0.4, 0.5) is 0 Å². The van der Waals surface area contributed by atoms with Crippen molar-refractivity contribution < 1.29 is 9.58 Å². The molecule has 0 unspecified atom stereocenters. The van der Waals surface area contributed by atoms with Gasteiger partial charge in [-0.1, -0.05) is 31.8 Å². The van der Waals surface area contributed by atoms with E-state index in [-0.39, 0.29) is 5.78 Å². The lowest BCUT2D eigenvalue weighted by molar-refractivity contribution is -0.116. The van der Waals surface area contributed by atoms with Crippen LogP contribution < -0.4 is 0 Å². The smallest absolute Gasteiger partial charge is 0.323 e. The molecule has 0 spiro atoms. The predicted octanol–water partition coefficient (Wildman–Crippen LogP) is 3.16. The Labute approximate surface area is 91.8 Å². The Morgan fingerprint density at radius 2 is 1.73 bits per heavy atom. The molecule has 0 rings (SSSR count). The summed E-state index contributed by atoms with van der Waals surface area (Å²) in [5.74, 6) is -0.0934. The first kappa shape index (κ1) is 13.8. The molecule has 0 bridgehead atoms. The van der Waals surface area contributed by atoms with Crippen LogP contribution >= 0.6 is 0 Å². The molecule has 0 atom stereocenters. The number of rotatable bonds is 10. The molecule has 0 aromatic rings. The molecule has 84 valence electrons. The SMILES string of the molecule is C=CCCCCCCCCC(=O)C=[N+]=[N-]. The Kier molecular flexibility index (Phi) is 9.99. The van der Waals surface area contributed by atoms with E-state index in [9.17, 15) is 4.79 Å². The fraction of sp³-hybridized carbons (Fsp3) is 0.667. The summed E-state index contributed by atoms with van der Waals surface area (Å²) in [6.07, 6.45) is 11.4. The Bertz CT molecular complexity index is 230. The molecule has 0 aliphatic rings. The van der Waals surface area contributed by atoms with Crippen LogP contribution in [0.2, 0.25) is 0 Å². The number of carbonyl (C=O) groups excluding carboxylic acids is 1. The molecule has 3 nitrogen and oxygen atoms in total. The normalized spacial score (nSPS) is 9.33. The number of Topliss-reactive ketones (excluding diaryl/α,β-unsaturated/α-hetero) is 1. The summed E-state index contributed by atoms with van der Waals surface area (Å²) >= 11 is 0. The average molecular weight is 208 g/mol. The topological polar surface area (TPSA) is 53.5 Å². The Balaban J connectivity index is 3.14. The van der Waals surface area contributed by atoms with Crippen molar-refractivity contribution in [3.8, 4) is 0 Å². The number of hydrogen-bond acceptors (Lipinski definition) is 1. The van der Waals surface area contributed by atoms with Crippen LogP contribution in [0.1, 0.15) is 51.4 Å². The highest BCUT2D eigenvalue weighted by Gasteiger charge is 2.01. The van der Waals surface area contributed by atoms with Gasteiger partial charge in [0.05, 0.1) is 0 Å². The minimum Gasteiger partial charge on any atom is -0.361 e. The lowest BCUT2D eigenvalue weighted by Crippen LogP contribution is -1.98. The van der Waals surface area contributed by atoms with E-state index in [2.05, 4.69) is 11.4 Å². The third kappa shape index (κ3) is 10.7. The number of unbranched alkanes of at least 4 members (excludes halogenated alkanes) is 6. The largest absolute Gasteiger partial charge is 0.361 e. The molecule has 0 saturated carbocycles. The fourth-order valence-electron chi connectivity index (χ4n) is 1.42. The number of hydrogen-bond donors (Lipinski definition) is 0. The Morgan fingerprint density at radius 1 is 1.13 bits per heavy atom. The van der Waals surface area contributed by atoms with Gasteiger partial charge in [0.15, 0.2) is 0 Å². The second-order valence-corrected chi connectivity index (χ2v) is 3.66. The molecular formula is C12H20N2O. The van der Waals surface area contributed by atoms with E-state index in [0.29, 0.717) is 6.42 Å². The van der Waals surface area contributed by atoms with Gasteiger partial charge >= 0.3 is 6.21 Å². The van der Waals surface area contributed by atoms with E-state index >= 15 is 0 Å². The second-order valence-electron chi connectivity index (χ2n) is 3.66. The van der Waals surface area contributed by atoms with Gasteiger partial charge in [-0.3, -0.25) is 4.79 Å². The minimum absolute atomic E-state index is 0.0934. The molecule has 0 aliphatic heterocycles. The van der Waals surface area contributed by atoms with Crippen molar-refractivity contribution >= 4 is 12.0 Å². The first-order valence-corrected chi connectivity index (χ1v) is 5.62. The van der Waals surface area contributed by atoms with Gasteiger partial charge in [-0.2, -0.15) is 4.79 Å². The highest BCUT2D eigenvalue weighted by atomic mass is 16.1. The molecule has 0 saturated heterocycles. The fourth-order valence-corrected chi connectivity index (χ4v) is 1.42. The lowest BCUT2D eigenvalue weighted by atomic mass is 10.1. The average Bonchev–Trinajstić information content (AvgIpc) is 2.22. The van der Waals surface area contributed by atoms with Crippen molar-refractivity contribution in [3.63, 3.8) is 0 Å². The van der Waals surface area contributed by atoms with Crippen LogP contribution in [0.15, 0.2) is 12.7 Å². The number of carbonyl (C=O) groups is 1. The van der Waals surface area contributed by atoms with Crippen LogP contribution in [0.25, 0.3) is 5.53 Å². The maximum atomic E-state index is 10.9. The van der Waals surface area contributed by atoms with Gasteiger partial charge in [0.25, 0.3) is 0 Å². The molecule has 0 amide bonds. The first-order valence-electron chi connectivity index (χ1n) is 5.62. The zero-order valence-corrected chi connectivity index (χ0v) is 9.32. The molecular weight excluding hydrogens is 188 g/mol. The van der Waals surface area contributed by atoms with E-state index < -0.39 is 0 Å². The Hall–Kier alpha value is -1.21. The van der Waals surface area contributed by atoms with Gasteiger partial charge in [-0.25, -0.2) is 0 Å². The minimum atomic E-state index is -0.0934. The number of nitrogens with zero attached hydrogens (tertiary/aromatic N) is 2. The molecule has 0 aromatic carbocycles. The quantitative estimate of drug-likeness (QED) is 0.179. The highest BCUT2D eigenvalue weighted by Crippen LogP contribution is 2.08. The van der Waals surface area contributed by atoms with Crippen molar-refractivity contribution in [1.29, 1.82) is 0 Å². The second kappa shape index (κ2) is 10.9. The maximum absolute atomic E-state index is 10.9. The third-order valence-corrected chi connectivity index (χ3v) is 2.28. The van der Waals surface area contributed by atoms with E-state index in [0.717, 1.165) is 25.5 Å². The predicted molar refractivity (Wildman–Crippen MR) is 61.8 cm³/mol. The molecule has 0 N–H and O–H groups in total. The highest BCUT2D eigenvalue weighted by molar-refractivity contribution is 6.25. The van der Waals surface area contributed by atoms with E-state index in [1.54, 1.807) is 0 Å². The summed E-state index contributed by atoms with van der Waals surface area (Å²) in [6, 6.07) is 0. The molecule has 3 heteroatoms. The molecule has 15 heavy (non-hydrogen) atoms. The zero-order chi connectivity index (χ0) is 11.4. The van der Waals surface area contributed by atoms with E-state index in [4.69, 9.17) is 5.53 Å². The van der Waals surface area contributed by atoms with Gasteiger partial charge < -0.3 is 5.53 Å². The monoisotopic (exact) mass is 208 g/mol. The van der Waals surface area contributed by atoms with Crippen molar-refractivity contribution in [2.24, 2.45) is 0 Å². The van der Waals surface area contributed by atoms with Crippen LogP contribution in [0.5, 0.6) is 0 Å². The van der Waals surface area contributed by atoms with Gasteiger partial charge in [0.1, 0.15) is 0 Å². The zero-order valence-electron chi connectivity index (χ0n) is 9.32. The standard InChI is InChI=1S/C12H20N2O/c1-2-3-4-5-6-7-8-9-10-12(15)11-14-13/h2,11H,1,3-10H2. The van der Waals surface area contributed by atoms with Crippen LogP contribution in [-0.2, 0) is 4.79 Å². The summed E-state index contributed by atoms with van der Waals surface area (Å²) < 4.78 is 0. The van der Waals surface area contributed by atoms with Gasteiger partial charge in [0.2, 0.25) is 5.78 Å². The van der Waals surface area contributed by atoms with Gasteiger partial charge in [0, 0.05) is 6.42 Å².